The van der Waals surface area contributed by atoms with E-state index in [4.69, 9.17) is 5.73 Å². The van der Waals surface area contributed by atoms with Gasteiger partial charge in [-0.2, -0.15) is 0 Å². The van der Waals surface area contributed by atoms with Crippen LogP contribution in [-0.4, -0.2) is 19.4 Å². The number of nitro benzene ring substituents is 1. The molecule has 0 spiro atoms. The maximum Gasteiger partial charge on any atom is 0.274 e. The van der Waals surface area contributed by atoms with Crippen LogP contribution in [-0.2, 0) is 10.0 Å². The van der Waals surface area contributed by atoms with Crippen LogP contribution in [0.5, 0.6) is 0 Å². The SMILES string of the molecule is Nc1cc([N+](=O)[O-])cc(F)c1S(=O)(=O)NC1CCCC1. The summed E-state index contributed by atoms with van der Waals surface area (Å²) in [5.41, 5.74) is 4.40. The van der Waals surface area contributed by atoms with Crippen LogP contribution < -0.4 is 10.5 Å². The van der Waals surface area contributed by atoms with Crippen LogP contribution in [0.3, 0.4) is 0 Å². The molecule has 1 fully saturated rings. The summed E-state index contributed by atoms with van der Waals surface area (Å²) in [6.07, 6.45) is 3.19. The highest BCUT2D eigenvalue weighted by atomic mass is 32.2. The van der Waals surface area contributed by atoms with Crippen molar-refractivity contribution in [1.82, 2.24) is 4.72 Å². The fourth-order valence-electron chi connectivity index (χ4n) is 2.31. The van der Waals surface area contributed by atoms with Crippen LogP contribution in [0.1, 0.15) is 25.7 Å². The fourth-order valence-corrected chi connectivity index (χ4v) is 3.79. The normalized spacial score (nSPS) is 16.4. The lowest BCUT2D eigenvalue weighted by molar-refractivity contribution is -0.385. The Hall–Kier alpha value is -1.74. The summed E-state index contributed by atoms with van der Waals surface area (Å²) < 4.78 is 40.4. The Balaban J connectivity index is 2.38. The number of nitro groups is 1. The molecule has 9 heteroatoms. The molecule has 0 aliphatic heterocycles. The second-order valence-electron chi connectivity index (χ2n) is 4.71. The number of nitrogen functional groups attached to an aromatic ring is 1. The highest BCUT2D eigenvalue weighted by molar-refractivity contribution is 7.89. The van der Waals surface area contributed by atoms with E-state index in [9.17, 15) is 22.9 Å². The van der Waals surface area contributed by atoms with Crippen LogP contribution in [0, 0.1) is 15.9 Å². The quantitative estimate of drug-likeness (QED) is 0.497. The minimum absolute atomic E-state index is 0.242. The molecule has 0 bridgehead atoms. The lowest BCUT2D eigenvalue weighted by atomic mass is 10.3. The van der Waals surface area contributed by atoms with E-state index in [0.717, 1.165) is 18.9 Å². The van der Waals surface area contributed by atoms with Gasteiger partial charge in [-0.1, -0.05) is 12.8 Å². The molecule has 0 amide bonds. The average Bonchev–Trinajstić information content (AvgIpc) is 2.79. The first kappa shape index (κ1) is 14.7. The molecule has 1 saturated carbocycles. The van der Waals surface area contributed by atoms with Crippen LogP contribution in [0.25, 0.3) is 0 Å². The van der Waals surface area contributed by atoms with Gasteiger partial charge in [-0.05, 0) is 12.8 Å². The fraction of sp³-hybridized carbons (Fsp3) is 0.455. The summed E-state index contributed by atoms with van der Waals surface area (Å²) in [4.78, 5) is 9.00. The van der Waals surface area contributed by atoms with Gasteiger partial charge < -0.3 is 5.73 Å². The highest BCUT2D eigenvalue weighted by Gasteiger charge is 2.29. The summed E-state index contributed by atoms with van der Waals surface area (Å²) >= 11 is 0. The Morgan fingerprint density at radius 2 is 1.95 bits per heavy atom. The monoisotopic (exact) mass is 303 g/mol. The third-order valence-corrected chi connectivity index (χ3v) is 4.83. The van der Waals surface area contributed by atoms with E-state index in [2.05, 4.69) is 4.72 Å². The smallest absolute Gasteiger partial charge is 0.274 e. The van der Waals surface area contributed by atoms with Crippen LogP contribution >= 0.6 is 0 Å². The zero-order valence-electron chi connectivity index (χ0n) is 10.5. The molecular weight excluding hydrogens is 289 g/mol. The van der Waals surface area contributed by atoms with Crippen LogP contribution in [0.2, 0.25) is 0 Å². The first-order valence-corrected chi connectivity index (χ1v) is 7.55. The van der Waals surface area contributed by atoms with Gasteiger partial charge in [-0.25, -0.2) is 17.5 Å². The van der Waals surface area contributed by atoms with Crippen molar-refractivity contribution in [3.8, 4) is 0 Å². The minimum atomic E-state index is -4.12. The Labute approximate surface area is 115 Å². The minimum Gasteiger partial charge on any atom is -0.397 e. The van der Waals surface area contributed by atoms with Gasteiger partial charge in [0.2, 0.25) is 10.0 Å². The number of hydrogen-bond donors (Lipinski definition) is 2. The average molecular weight is 303 g/mol. The molecule has 1 aromatic carbocycles. The molecule has 0 saturated heterocycles. The summed E-state index contributed by atoms with van der Waals surface area (Å²) in [6.45, 7) is 0. The Kier molecular flexibility index (Phi) is 3.91. The molecule has 3 N–H and O–H groups in total. The van der Waals surface area contributed by atoms with Crippen molar-refractivity contribution in [3.05, 3.63) is 28.1 Å². The van der Waals surface area contributed by atoms with Gasteiger partial charge in [0.1, 0.15) is 4.90 Å². The molecule has 0 atom stereocenters. The summed E-state index contributed by atoms with van der Waals surface area (Å²) in [7, 11) is -4.12. The summed E-state index contributed by atoms with van der Waals surface area (Å²) in [5.74, 6) is -1.22. The second-order valence-corrected chi connectivity index (χ2v) is 6.36. The second kappa shape index (κ2) is 5.33. The number of nitrogens with zero attached hydrogens (tertiary/aromatic N) is 1. The molecule has 2 rings (SSSR count). The molecular formula is C11H14FN3O4S. The van der Waals surface area contributed by atoms with Gasteiger partial charge in [0.05, 0.1) is 16.7 Å². The van der Waals surface area contributed by atoms with E-state index in [1.165, 1.54) is 0 Å². The van der Waals surface area contributed by atoms with Crippen molar-refractivity contribution < 1.29 is 17.7 Å². The highest BCUT2D eigenvalue weighted by Crippen LogP contribution is 2.28. The first-order valence-electron chi connectivity index (χ1n) is 6.07. The molecule has 110 valence electrons. The Bertz CT molecular complexity index is 618. The molecule has 0 heterocycles. The van der Waals surface area contributed by atoms with E-state index in [0.29, 0.717) is 18.9 Å². The number of halogens is 1. The number of benzene rings is 1. The topological polar surface area (TPSA) is 115 Å². The zero-order valence-corrected chi connectivity index (χ0v) is 11.3. The summed E-state index contributed by atoms with van der Waals surface area (Å²) in [5, 5.41) is 10.6. The standard InChI is InChI=1S/C11H14FN3O4S/c12-9-5-8(15(16)17)6-10(13)11(9)20(18,19)14-7-3-1-2-4-7/h5-7,14H,1-4,13H2. The van der Waals surface area contributed by atoms with E-state index in [1.54, 1.807) is 0 Å². The molecule has 20 heavy (non-hydrogen) atoms. The molecule has 1 aromatic rings. The van der Waals surface area contributed by atoms with Crippen LogP contribution in [0.15, 0.2) is 17.0 Å². The number of hydrogen-bond acceptors (Lipinski definition) is 5. The third kappa shape index (κ3) is 2.88. The van der Waals surface area contributed by atoms with Gasteiger partial charge >= 0.3 is 0 Å². The van der Waals surface area contributed by atoms with Gasteiger partial charge in [-0.15, -0.1) is 0 Å². The third-order valence-electron chi connectivity index (χ3n) is 3.21. The van der Waals surface area contributed by atoms with Gasteiger partial charge in [0.15, 0.2) is 5.82 Å². The molecule has 7 nitrogen and oxygen atoms in total. The maximum absolute atomic E-state index is 13.8. The molecule has 1 aliphatic carbocycles. The van der Waals surface area contributed by atoms with E-state index in [-0.39, 0.29) is 6.04 Å². The van der Waals surface area contributed by atoms with E-state index in [1.807, 2.05) is 0 Å². The van der Waals surface area contributed by atoms with E-state index < -0.39 is 37.0 Å². The van der Waals surface area contributed by atoms with Crippen molar-refractivity contribution in [2.75, 3.05) is 5.73 Å². The maximum atomic E-state index is 13.8. The van der Waals surface area contributed by atoms with Gasteiger partial charge in [0, 0.05) is 12.1 Å². The van der Waals surface area contributed by atoms with Crippen molar-refractivity contribution in [3.63, 3.8) is 0 Å². The molecule has 0 unspecified atom stereocenters. The molecule has 0 aromatic heterocycles. The predicted molar refractivity (Wildman–Crippen MR) is 70.0 cm³/mol. The van der Waals surface area contributed by atoms with Crippen molar-refractivity contribution >= 4 is 21.4 Å². The molecule has 0 radical (unpaired) electrons. The Morgan fingerprint density at radius 1 is 1.35 bits per heavy atom. The lowest BCUT2D eigenvalue weighted by Crippen LogP contribution is -2.33. The number of nitrogens with two attached hydrogens (primary N) is 1. The number of rotatable bonds is 4. The number of nitrogens with one attached hydrogen (secondary N) is 1. The Morgan fingerprint density at radius 3 is 2.45 bits per heavy atom. The summed E-state index contributed by atoms with van der Waals surface area (Å²) in [6, 6.07) is 1.15. The number of sulfonamides is 1. The van der Waals surface area contributed by atoms with Gasteiger partial charge in [-0.3, -0.25) is 10.1 Å². The van der Waals surface area contributed by atoms with E-state index >= 15 is 0 Å². The van der Waals surface area contributed by atoms with Gasteiger partial charge in [0.25, 0.3) is 5.69 Å². The van der Waals surface area contributed by atoms with Crippen molar-refractivity contribution in [2.45, 2.75) is 36.6 Å². The van der Waals surface area contributed by atoms with Crippen molar-refractivity contribution in [2.24, 2.45) is 0 Å². The first-order chi connectivity index (χ1) is 9.31. The predicted octanol–water partition coefficient (Wildman–Crippen LogP) is 1.54. The van der Waals surface area contributed by atoms with Crippen molar-refractivity contribution in [1.29, 1.82) is 0 Å². The lowest BCUT2D eigenvalue weighted by Gasteiger charge is -2.14. The number of anilines is 1. The molecule has 1 aliphatic rings. The van der Waals surface area contributed by atoms with Crippen LogP contribution in [0.4, 0.5) is 15.8 Å². The zero-order chi connectivity index (χ0) is 14.9. The largest absolute Gasteiger partial charge is 0.397 e. The number of non-ortho nitro benzene ring substituents is 1.